The van der Waals surface area contributed by atoms with Crippen LogP contribution in [0.2, 0.25) is 0 Å². The SMILES string of the molecule is CCN1C(=O)/C(=C\c2cc(C)n(-c3cccc(C)c3C)c2C)c2cc(S(=O)(=O)N3CCOCC3)ccc21. The molecule has 5 rings (SSSR count). The molecule has 2 aliphatic rings. The molecule has 37 heavy (non-hydrogen) atoms. The van der Waals surface area contributed by atoms with Crippen LogP contribution in [0.1, 0.15) is 40.6 Å². The van der Waals surface area contributed by atoms with Crippen LogP contribution < -0.4 is 4.90 Å². The fourth-order valence-corrected chi connectivity index (χ4v) is 6.76. The third kappa shape index (κ3) is 4.23. The van der Waals surface area contributed by atoms with Crippen LogP contribution in [0.3, 0.4) is 0 Å². The molecule has 0 N–H and O–H groups in total. The van der Waals surface area contributed by atoms with E-state index in [1.165, 1.54) is 15.4 Å². The second-order valence-electron chi connectivity index (χ2n) is 9.68. The number of rotatable bonds is 5. The highest BCUT2D eigenvalue weighted by Crippen LogP contribution is 2.40. The molecule has 7 nitrogen and oxygen atoms in total. The zero-order valence-electron chi connectivity index (χ0n) is 22.0. The van der Waals surface area contributed by atoms with Gasteiger partial charge in [0.2, 0.25) is 10.0 Å². The summed E-state index contributed by atoms with van der Waals surface area (Å²) < 4.78 is 35.7. The summed E-state index contributed by atoms with van der Waals surface area (Å²) in [7, 11) is -3.69. The Bertz CT molecular complexity index is 1530. The Labute approximate surface area is 219 Å². The largest absolute Gasteiger partial charge is 0.379 e. The number of likely N-dealkylation sites (N-methyl/N-ethyl adjacent to an activating group) is 1. The summed E-state index contributed by atoms with van der Waals surface area (Å²) in [6.45, 7) is 12.2. The van der Waals surface area contributed by atoms with E-state index in [-0.39, 0.29) is 10.8 Å². The molecule has 0 unspecified atom stereocenters. The normalized spacial score (nSPS) is 17.6. The van der Waals surface area contributed by atoms with Gasteiger partial charge < -0.3 is 14.2 Å². The molecule has 0 bridgehead atoms. The molecule has 2 aliphatic heterocycles. The number of carbonyl (C=O) groups is 1. The summed E-state index contributed by atoms with van der Waals surface area (Å²) in [5.41, 5.74) is 8.48. The molecule has 3 heterocycles. The molecular formula is C29H33N3O4S. The first-order chi connectivity index (χ1) is 17.6. The van der Waals surface area contributed by atoms with Crippen LogP contribution in [0.4, 0.5) is 5.69 Å². The van der Waals surface area contributed by atoms with Crippen molar-refractivity contribution in [1.82, 2.24) is 8.87 Å². The molecule has 8 heteroatoms. The molecule has 0 aliphatic carbocycles. The first kappa shape index (κ1) is 25.4. The summed E-state index contributed by atoms with van der Waals surface area (Å²) in [5.74, 6) is -0.116. The predicted octanol–water partition coefficient (Wildman–Crippen LogP) is 4.64. The van der Waals surface area contributed by atoms with E-state index < -0.39 is 10.0 Å². The lowest BCUT2D eigenvalue weighted by atomic mass is 10.0. The van der Waals surface area contributed by atoms with Gasteiger partial charge >= 0.3 is 0 Å². The Kier molecular flexibility index (Phi) is 6.60. The van der Waals surface area contributed by atoms with Crippen molar-refractivity contribution in [3.05, 3.63) is 76.1 Å². The Morgan fingerprint density at radius 2 is 1.70 bits per heavy atom. The maximum Gasteiger partial charge on any atom is 0.258 e. The van der Waals surface area contributed by atoms with Gasteiger partial charge in [-0.3, -0.25) is 4.79 Å². The molecule has 194 valence electrons. The first-order valence-electron chi connectivity index (χ1n) is 12.7. The van der Waals surface area contributed by atoms with Crippen LogP contribution in [0.15, 0.2) is 47.4 Å². The van der Waals surface area contributed by atoms with Crippen molar-refractivity contribution in [2.24, 2.45) is 0 Å². The number of anilines is 1. The molecule has 0 spiro atoms. The van der Waals surface area contributed by atoms with Crippen molar-refractivity contribution < 1.29 is 17.9 Å². The van der Waals surface area contributed by atoms with E-state index in [1.807, 2.05) is 13.0 Å². The van der Waals surface area contributed by atoms with Crippen LogP contribution >= 0.6 is 0 Å². The zero-order valence-corrected chi connectivity index (χ0v) is 22.9. The van der Waals surface area contributed by atoms with Gasteiger partial charge in [-0.25, -0.2) is 8.42 Å². The summed E-state index contributed by atoms with van der Waals surface area (Å²) >= 11 is 0. The predicted molar refractivity (Wildman–Crippen MR) is 147 cm³/mol. The molecule has 3 aromatic rings. The number of benzene rings is 2. The quantitative estimate of drug-likeness (QED) is 0.461. The fraction of sp³-hybridized carbons (Fsp3) is 0.345. The van der Waals surface area contributed by atoms with Crippen molar-refractivity contribution in [1.29, 1.82) is 0 Å². The van der Waals surface area contributed by atoms with Gasteiger partial charge in [0.05, 0.1) is 23.8 Å². The summed E-state index contributed by atoms with van der Waals surface area (Å²) in [4.78, 5) is 15.4. The third-order valence-corrected chi connectivity index (χ3v) is 9.43. The molecule has 1 amide bonds. The number of hydrogen-bond acceptors (Lipinski definition) is 4. The molecule has 1 saturated heterocycles. The van der Waals surface area contributed by atoms with Gasteiger partial charge in [0, 0.05) is 47.8 Å². The first-order valence-corrected chi connectivity index (χ1v) is 14.1. The van der Waals surface area contributed by atoms with Gasteiger partial charge in [-0.1, -0.05) is 12.1 Å². The topological polar surface area (TPSA) is 71.9 Å². The summed E-state index contributed by atoms with van der Waals surface area (Å²) in [6, 6.07) is 13.4. The number of morpholine rings is 1. The van der Waals surface area contributed by atoms with Crippen molar-refractivity contribution in [3.8, 4) is 5.69 Å². The van der Waals surface area contributed by atoms with Crippen LogP contribution in [-0.4, -0.2) is 56.0 Å². The summed E-state index contributed by atoms with van der Waals surface area (Å²) in [5, 5.41) is 0. The summed E-state index contributed by atoms with van der Waals surface area (Å²) in [6.07, 6.45) is 1.91. The van der Waals surface area contributed by atoms with Crippen molar-refractivity contribution in [3.63, 3.8) is 0 Å². The highest BCUT2D eigenvalue weighted by atomic mass is 32.2. The van der Waals surface area contributed by atoms with Gasteiger partial charge in [0.1, 0.15) is 0 Å². The smallest absolute Gasteiger partial charge is 0.258 e. The number of hydrogen-bond donors (Lipinski definition) is 0. The van der Waals surface area contributed by atoms with E-state index in [9.17, 15) is 13.2 Å². The van der Waals surface area contributed by atoms with Crippen molar-refractivity contribution in [2.45, 2.75) is 39.5 Å². The number of carbonyl (C=O) groups excluding carboxylic acids is 1. The third-order valence-electron chi connectivity index (χ3n) is 7.54. The molecule has 1 aromatic heterocycles. The average Bonchev–Trinajstić information content (AvgIpc) is 3.32. The Morgan fingerprint density at radius 1 is 0.973 bits per heavy atom. The minimum atomic E-state index is -3.69. The van der Waals surface area contributed by atoms with E-state index in [2.05, 4.69) is 56.5 Å². The number of nitrogens with zero attached hydrogens (tertiary/aromatic N) is 3. The standard InChI is InChI=1S/C29H33N3O4S/c1-6-31-28-11-10-24(37(34,35)30-12-14-36-15-13-30)18-25(28)26(29(31)33)17-23-16-20(3)32(22(23)5)27-9-7-8-19(2)21(27)4/h7-11,16-18H,6,12-15H2,1-5H3/b26-17-. The van der Waals surface area contributed by atoms with Gasteiger partial charge in [0.25, 0.3) is 5.91 Å². The maximum absolute atomic E-state index is 13.5. The number of fused-ring (bicyclic) bond motifs is 1. The van der Waals surface area contributed by atoms with E-state index >= 15 is 0 Å². The van der Waals surface area contributed by atoms with Gasteiger partial charge in [-0.2, -0.15) is 4.31 Å². The van der Waals surface area contributed by atoms with Crippen LogP contribution in [0.25, 0.3) is 17.3 Å². The van der Waals surface area contributed by atoms with Crippen LogP contribution in [0, 0.1) is 27.7 Å². The van der Waals surface area contributed by atoms with E-state index in [4.69, 9.17) is 4.74 Å². The lowest BCUT2D eigenvalue weighted by Gasteiger charge is -2.26. The Hall–Kier alpha value is -3.20. The fourth-order valence-electron chi connectivity index (χ4n) is 5.32. The van der Waals surface area contributed by atoms with Crippen molar-refractivity contribution in [2.75, 3.05) is 37.7 Å². The van der Waals surface area contributed by atoms with E-state index in [1.54, 1.807) is 23.1 Å². The number of sulfonamides is 1. The number of ether oxygens (including phenoxy) is 1. The van der Waals surface area contributed by atoms with E-state index in [0.717, 1.165) is 28.3 Å². The van der Waals surface area contributed by atoms with Gasteiger partial charge in [-0.05, 0) is 87.7 Å². The van der Waals surface area contributed by atoms with Gasteiger partial charge in [-0.15, -0.1) is 0 Å². The lowest BCUT2D eigenvalue weighted by molar-refractivity contribution is -0.112. The molecule has 2 aromatic carbocycles. The maximum atomic E-state index is 13.5. The average molecular weight is 520 g/mol. The minimum absolute atomic E-state index is 0.116. The monoisotopic (exact) mass is 519 g/mol. The number of aromatic nitrogens is 1. The second-order valence-corrected chi connectivity index (χ2v) is 11.6. The highest BCUT2D eigenvalue weighted by Gasteiger charge is 2.34. The number of aryl methyl sites for hydroxylation is 2. The molecule has 0 radical (unpaired) electrons. The Balaban J connectivity index is 1.62. The molecule has 1 fully saturated rings. The molecule has 0 saturated carbocycles. The van der Waals surface area contributed by atoms with Crippen LogP contribution in [0.5, 0.6) is 0 Å². The number of amides is 1. The minimum Gasteiger partial charge on any atom is -0.379 e. The van der Waals surface area contributed by atoms with E-state index in [0.29, 0.717) is 44.0 Å². The van der Waals surface area contributed by atoms with Crippen LogP contribution in [-0.2, 0) is 19.6 Å². The second kappa shape index (κ2) is 9.59. The van der Waals surface area contributed by atoms with Gasteiger partial charge in [0.15, 0.2) is 0 Å². The Morgan fingerprint density at radius 3 is 2.41 bits per heavy atom. The molecular weight excluding hydrogens is 486 g/mol. The molecule has 0 atom stereocenters. The van der Waals surface area contributed by atoms with Crippen molar-refractivity contribution >= 4 is 33.3 Å². The lowest BCUT2D eigenvalue weighted by Crippen LogP contribution is -2.40. The zero-order chi connectivity index (χ0) is 26.5. The highest BCUT2D eigenvalue weighted by molar-refractivity contribution is 7.89.